The molecule has 6 nitrogen and oxygen atoms in total. The molecule has 7 heteroatoms. The van der Waals surface area contributed by atoms with Crippen molar-refractivity contribution in [3.8, 4) is 11.4 Å². The average Bonchev–Trinajstić information content (AvgIpc) is 3.18. The van der Waals surface area contributed by atoms with E-state index in [2.05, 4.69) is 22.4 Å². The molecule has 0 bridgehead atoms. The number of benzene rings is 3. The summed E-state index contributed by atoms with van der Waals surface area (Å²) in [5, 5.41) is 12.2. The Morgan fingerprint density at radius 1 is 1.03 bits per heavy atom. The zero-order chi connectivity index (χ0) is 20.9. The Bertz CT molecular complexity index is 1170. The lowest BCUT2D eigenvalue weighted by Crippen LogP contribution is -2.12. The van der Waals surface area contributed by atoms with Crippen LogP contribution in [0.25, 0.3) is 16.7 Å². The molecule has 3 aromatic carbocycles. The molecule has 4 rings (SSSR count). The van der Waals surface area contributed by atoms with E-state index in [1.807, 2.05) is 36.4 Å². The number of rotatable bonds is 7. The zero-order valence-corrected chi connectivity index (χ0v) is 17.3. The predicted molar refractivity (Wildman–Crippen MR) is 119 cm³/mol. The number of para-hydroxylation sites is 1. The molecule has 0 unspecified atom stereocenters. The molecule has 1 N–H and O–H groups in total. The van der Waals surface area contributed by atoms with Crippen LogP contribution in [0.15, 0.2) is 66.7 Å². The van der Waals surface area contributed by atoms with Crippen LogP contribution in [0.3, 0.4) is 0 Å². The van der Waals surface area contributed by atoms with E-state index in [1.165, 1.54) is 0 Å². The smallest absolute Gasteiger partial charge is 0.255 e. The summed E-state index contributed by atoms with van der Waals surface area (Å²) < 4.78 is 5.69. The van der Waals surface area contributed by atoms with Gasteiger partial charge in [-0.05, 0) is 48.9 Å². The fourth-order valence-corrected chi connectivity index (χ4v) is 3.17. The van der Waals surface area contributed by atoms with Crippen LogP contribution in [0.1, 0.15) is 30.1 Å². The molecule has 0 saturated heterocycles. The summed E-state index contributed by atoms with van der Waals surface area (Å²) in [7, 11) is 0. The maximum absolute atomic E-state index is 12.7. The highest BCUT2D eigenvalue weighted by Gasteiger charge is 2.13. The maximum Gasteiger partial charge on any atom is 0.255 e. The summed E-state index contributed by atoms with van der Waals surface area (Å²) in [4.78, 5) is 14.3. The van der Waals surface area contributed by atoms with Gasteiger partial charge in [-0.1, -0.05) is 49.2 Å². The van der Waals surface area contributed by atoms with Crippen molar-refractivity contribution in [1.29, 1.82) is 0 Å². The number of ether oxygens (including phenoxy) is 1. The van der Waals surface area contributed by atoms with Gasteiger partial charge in [-0.25, -0.2) is 0 Å². The molecule has 30 heavy (non-hydrogen) atoms. The Morgan fingerprint density at radius 3 is 2.57 bits per heavy atom. The number of aromatic nitrogens is 3. The fraction of sp³-hybridized carbons (Fsp3) is 0.174. The third-order valence-corrected chi connectivity index (χ3v) is 4.88. The largest absolute Gasteiger partial charge is 0.494 e. The molecular weight excluding hydrogens is 400 g/mol. The number of nitrogens with one attached hydrogen (secondary N) is 1. The molecule has 0 radical (unpaired) electrons. The SMILES string of the molecule is CCCCOc1cccc(C(=O)Nc2cc3nn(-c4ccccc4)nc3cc2Cl)c1. The standard InChI is InChI=1S/C23H21ClN4O2/c1-2-3-12-30-18-11-7-8-16(13-18)23(29)25-20-15-22-21(14-19(20)24)26-28(27-22)17-9-5-4-6-10-17/h4-11,13-15H,2-3,12H2,1H3,(H,25,29). The highest BCUT2D eigenvalue weighted by Crippen LogP contribution is 2.27. The van der Waals surface area contributed by atoms with Crippen molar-refractivity contribution in [2.45, 2.75) is 19.8 Å². The highest BCUT2D eigenvalue weighted by molar-refractivity contribution is 6.34. The van der Waals surface area contributed by atoms with Crippen molar-refractivity contribution in [3.05, 3.63) is 77.3 Å². The summed E-state index contributed by atoms with van der Waals surface area (Å²) in [5.74, 6) is 0.399. The van der Waals surface area contributed by atoms with Crippen LogP contribution in [-0.4, -0.2) is 27.5 Å². The number of fused-ring (bicyclic) bond motifs is 1. The Labute approximate surface area is 179 Å². The molecule has 0 atom stereocenters. The predicted octanol–water partition coefficient (Wildman–Crippen LogP) is 5.51. The first-order chi connectivity index (χ1) is 14.6. The van der Waals surface area contributed by atoms with Gasteiger partial charge in [-0.2, -0.15) is 4.80 Å². The second kappa shape index (κ2) is 8.97. The molecule has 0 aliphatic carbocycles. The van der Waals surface area contributed by atoms with Crippen LogP contribution in [-0.2, 0) is 0 Å². The molecule has 1 amide bonds. The molecule has 152 valence electrons. The molecule has 0 spiro atoms. The van der Waals surface area contributed by atoms with E-state index in [9.17, 15) is 4.79 Å². The summed E-state index contributed by atoms with van der Waals surface area (Å²) in [5.41, 5.74) is 3.10. The van der Waals surface area contributed by atoms with Gasteiger partial charge >= 0.3 is 0 Å². The Balaban J connectivity index is 1.55. The van der Waals surface area contributed by atoms with Gasteiger partial charge in [0.05, 0.1) is 23.0 Å². The number of unbranched alkanes of at least 4 members (excludes halogenated alkanes) is 1. The van der Waals surface area contributed by atoms with Crippen molar-refractivity contribution < 1.29 is 9.53 Å². The number of hydrogen-bond acceptors (Lipinski definition) is 4. The van der Waals surface area contributed by atoms with Gasteiger partial charge in [0.2, 0.25) is 0 Å². The minimum Gasteiger partial charge on any atom is -0.494 e. The molecule has 1 aromatic heterocycles. The first-order valence-corrected chi connectivity index (χ1v) is 10.2. The molecule has 0 aliphatic heterocycles. The van der Waals surface area contributed by atoms with Gasteiger partial charge in [0.1, 0.15) is 16.8 Å². The van der Waals surface area contributed by atoms with Crippen LogP contribution in [0.5, 0.6) is 5.75 Å². The fourth-order valence-electron chi connectivity index (χ4n) is 2.97. The third kappa shape index (κ3) is 4.44. The summed E-state index contributed by atoms with van der Waals surface area (Å²) >= 11 is 6.39. The summed E-state index contributed by atoms with van der Waals surface area (Å²) in [6.07, 6.45) is 2.02. The van der Waals surface area contributed by atoms with E-state index in [0.717, 1.165) is 18.5 Å². The second-order valence-corrected chi connectivity index (χ2v) is 7.24. The van der Waals surface area contributed by atoms with Gasteiger partial charge in [-0.15, -0.1) is 10.2 Å². The first-order valence-electron chi connectivity index (χ1n) is 9.80. The van der Waals surface area contributed by atoms with Gasteiger partial charge < -0.3 is 10.1 Å². The third-order valence-electron chi connectivity index (χ3n) is 4.57. The Hall–Kier alpha value is -3.38. The van der Waals surface area contributed by atoms with E-state index >= 15 is 0 Å². The number of nitrogens with zero attached hydrogens (tertiary/aromatic N) is 3. The monoisotopic (exact) mass is 420 g/mol. The van der Waals surface area contributed by atoms with Gasteiger partial charge in [0.25, 0.3) is 5.91 Å². The van der Waals surface area contributed by atoms with Crippen molar-refractivity contribution in [2.75, 3.05) is 11.9 Å². The molecule has 0 fully saturated rings. The van der Waals surface area contributed by atoms with Gasteiger partial charge in [0, 0.05) is 5.56 Å². The van der Waals surface area contributed by atoms with Crippen molar-refractivity contribution in [2.24, 2.45) is 0 Å². The van der Waals surface area contributed by atoms with Crippen LogP contribution >= 0.6 is 11.6 Å². The number of carbonyl (C=O) groups is 1. The number of amides is 1. The second-order valence-electron chi connectivity index (χ2n) is 6.83. The molecule has 0 aliphatic rings. The molecule has 4 aromatic rings. The van der Waals surface area contributed by atoms with Crippen molar-refractivity contribution >= 4 is 34.2 Å². The lowest BCUT2D eigenvalue weighted by Gasteiger charge is -2.09. The minimum absolute atomic E-state index is 0.271. The van der Waals surface area contributed by atoms with Crippen LogP contribution in [0, 0.1) is 0 Å². The van der Waals surface area contributed by atoms with Crippen molar-refractivity contribution in [1.82, 2.24) is 15.0 Å². The maximum atomic E-state index is 12.7. The lowest BCUT2D eigenvalue weighted by atomic mass is 10.2. The summed E-state index contributed by atoms with van der Waals surface area (Å²) in [6, 6.07) is 20.1. The van der Waals surface area contributed by atoms with Crippen LogP contribution in [0.2, 0.25) is 5.02 Å². The Morgan fingerprint density at radius 2 is 1.80 bits per heavy atom. The molecular formula is C23H21ClN4O2. The van der Waals surface area contributed by atoms with E-state index in [-0.39, 0.29) is 5.91 Å². The quantitative estimate of drug-likeness (QED) is 0.400. The van der Waals surface area contributed by atoms with E-state index in [1.54, 1.807) is 35.1 Å². The molecule has 0 saturated carbocycles. The first kappa shape index (κ1) is 19.9. The average molecular weight is 421 g/mol. The lowest BCUT2D eigenvalue weighted by molar-refractivity contribution is 0.102. The van der Waals surface area contributed by atoms with Crippen LogP contribution < -0.4 is 10.1 Å². The number of anilines is 1. The number of hydrogen-bond donors (Lipinski definition) is 1. The van der Waals surface area contributed by atoms with Gasteiger partial charge in [-0.3, -0.25) is 4.79 Å². The number of halogens is 1. The topological polar surface area (TPSA) is 69.0 Å². The van der Waals surface area contributed by atoms with Gasteiger partial charge in [0.15, 0.2) is 0 Å². The van der Waals surface area contributed by atoms with E-state index < -0.39 is 0 Å². The minimum atomic E-state index is -0.271. The highest BCUT2D eigenvalue weighted by atomic mass is 35.5. The number of carbonyl (C=O) groups excluding carboxylic acids is 1. The van der Waals surface area contributed by atoms with E-state index in [0.29, 0.717) is 39.7 Å². The molecule has 1 heterocycles. The van der Waals surface area contributed by atoms with Crippen molar-refractivity contribution in [3.63, 3.8) is 0 Å². The zero-order valence-electron chi connectivity index (χ0n) is 16.5. The normalized spacial score (nSPS) is 10.9. The van der Waals surface area contributed by atoms with Crippen LogP contribution in [0.4, 0.5) is 5.69 Å². The Kier molecular flexibility index (Phi) is 5.95. The van der Waals surface area contributed by atoms with E-state index in [4.69, 9.17) is 16.3 Å². The summed E-state index contributed by atoms with van der Waals surface area (Å²) in [6.45, 7) is 2.73.